The standard InChI is InChI=1S/2C5H9N3.C4H7N3.2C4H6N2O.2C4H6N2S.2C3H5N3O.2C3H5N3S/c1-8-3-5(2-6)7-4-8;1-8-3-2-5(4-6)7-8;5-1-4-2-6-3-7-4;5-1-4-2-7-3-6-4;5-3-4-1-2-7-6-4;5-1-4-2-7-3-6-4;5-3-4-1-2-7-6-4;4-1-3-6-5-2-7-3;4-1-3-2-5-7-6-3;4-1-3-6-5-2-7-3;4-1-3-2-5-7-6-3/h3-4H,2,6H2,1H3;2-3H,4,6H2,1H3;2-3H,1,5H2,(H,6,7);2-3H,1,5H2;1-2H,3,5H2;2-3H,1,5H2;1-2H,3,5H2;4*2H,1,4H2. The molecule has 0 aliphatic heterocycles. The minimum atomic E-state index is 0.319. The van der Waals surface area contributed by atoms with Gasteiger partial charge in [-0.15, -0.1) is 43.1 Å². The van der Waals surface area contributed by atoms with Crippen LogP contribution in [0.3, 0.4) is 0 Å². The van der Waals surface area contributed by atoms with Crippen molar-refractivity contribution in [2.24, 2.45) is 77.2 Å². The van der Waals surface area contributed by atoms with Gasteiger partial charge in [-0.25, -0.2) is 24.6 Å². The molecule has 0 spiro atoms. The topological polar surface area (TPSA) is 558 Å². The molecule has 37 heteroatoms. The summed E-state index contributed by atoms with van der Waals surface area (Å²) in [5.41, 5.74) is 68.6. The monoisotopic (exact) mass is 1170 g/mol. The summed E-state index contributed by atoms with van der Waals surface area (Å²) >= 11 is 5.67. The minimum Gasteiger partial charge on any atom is -0.451 e. The molecule has 23 N–H and O–H groups in total. The van der Waals surface area contributed by atoms with Crippen LogP contribution >= 0.6 is 45.9 Å². The molecule has 11 heterocycles. The van der Waals surface area contributed by atoms with Gasteiger partial charge in [-0.05, 0) is 23.7 Å². The quantitative estimate of drug-likeness (QED) is 0.0820. The van der Waals surface area contributed by atoms with Crippen LogP contribution < -0.4 is 63.1 Å². The van der Waals surface area contributed by atoms with Gasteiger partial charge in [0.1, 0.15) is 28.7 Å². The van der Waals surface area contributed by atoms with Gasteiger partial charge < -0.3 is 86.0 Å². The molecule has 430 valence electrons. The number of thiazole rings is 1. The molecule has 0 atom stereocenters. The number of hydrogen-bond donors (Lipinski definition) is 12. The van der Waals surface area contributed by atoms with E-state index in [2.05, 4.69) is 97.0 Å². The first-order valence-corrected chi connectivity index (χ1v) is 26.1. The van der Waals surface area contributed by atoms with E-state index in [1.54, 1.807) is 58.2 Å². The first-order valence-electron chi connectivity index (χ1n) is 22.7. The van der Waals surface area contributed by atoms with Gasteiger partial charge in [0.25, 0.3) is 0 Å². The van der Waals surface area contributed by atoms with Crippen LogP contribution in [0.4, 0.5) is 0 Å². The number of aromatic amines is 1. The Morgan fingerprint density at radius 1 is 0.620 bits per heavy atom. The number of imidazole rings is 2. The van der Waals surface area contributed by atoms with Crippen LogP contribution in [0.25, 0.3) is 0 Å². The summed E-state index contributed by atoms with van der Waals surface area (Å²) in [5, 5.41) is 33.2. The number of nitrogens with one attached hydrogen (secondary N) is 1. The van der Waals surface area contributed by atoms with Gasteiger partial charge in [-0.2, -0.15) is 18.2 Å². The highest BCUT2D eigenvalue weighted by Crippen LogP contribution is 1.99. The molecule has 11 rings (SSSR count). The number of H-pyrrole nitrogens is 1. The molecule has 0 fully saturated rings. The Labute approximate surface area is 470 Å². The van der Waals surface area contributed by atoms with Gasteiger partial charge in [-0.3, -0.25) is 4.68 Å². The molecule has 11 aromatic heterocycles. The highest BCUT2D eigenvalue weighted by Gasteiger charge is 1.93. The maximum absolute atomic E-state index is 5.29. The van der Waals surface area contributed by atoms with Crippen molar-refractivity contribution in [1.29, 1.82) is 0 Å². The predicted octanol–water partition coefficient (Wildman–Crippen LogP) is 0.146. The zero-order valence-corrected chi connectivity index (χ0v) is 46.7. The van der Waals surface area contributed by atoms with Gasteiger partial charge in [0, 0.05) is 121 Å². The van der Waals surface area contributed by atoms with Crippen LogP contribution in [-0.4, -0.2) is 88.3 Å². The normalized spacial score (nSPS) is 9.38. The molecular formula is C42H69N29O4S4. The van der Waals surface area contributed by atoms with E-state index in [0.717, 1.165) is 50.6 Å². The van der Waals surface area contributed by atoms with Gasteiger partial charge in [0.05, 0.1) is 88.7 Å². The molecule has 79 heavy (non-hydrogen) atoms. The Hall–Kier alpha value is -7.73. The highest BCUT2D eigenvalue weighted by atomic mass is 32.1. The third kappa shape index (κ3) is 36.1. The van der Waals surface area contributed by atoms with Crippen LogP contribution in [0.15, 0.2) is 127 Å². The Kier molecular flexibility index (Phi) is 41.6. The largest absolute Gasteiger partial charge is 0.451 e. The number of rotatable bonds is 11. The molecule has 0 radical (unpaired) electrons. The van der Waals surface area contributed by atoms with Gasteiger partial charge >= 0.3 is 0 Å². The number of oxazole rings is 1. The third-order valence-electron chi connectivity index (χ3n) is 7.90. The summed E-state index contributed by atoms with van der Waals surface area (Å²) in [5.74, 6) is 0.472. The summed E-state index contributed by atoms with van der Waals surface area (Å²) in [6.07, 6.45) is 17.6. The van der Waals surface area contributed by atoms with E-state index < -0.39 is 0 Å². The first-order chi connectivity index (χ1) is 38.5. The van der Waals surface area contributed by atoms with Crippen molar-refractivity contribution < 1.29 is 18.0 Å². The molecule has 0 unspecified atom stereocenters. The second-order valence-corrected chi connectivity index (χ2v) is 16.6. The molecule has 0 amide bonds. The summed E-state index contributed by atoms with van der Waals surface area (Å²) in [4.78, 5) is 18.3. The number of aromatic nitrogens is 18. The van der Waals surface area contributed by atoms with E-state index in [-0.39, 0.29) is 0 Å². The fourth-order valence-corrected chi connectivity index (χ4v) is 5.99. The zero-order valence-electron chi connectivity index (χ0n) is 43.4. The fraction of sp³-hybridized carbons (Fsp3) is 0.310. The van der Waals surface area contributed by atoms with Crippen molar-refractivity contribution in [2.75, 3.05) is 0 Å². The molecular weight excluding hydrogens is 1100 g/mol. The van der Waals surface area contributed by atoms with Gasteiger partial charge in [-0.1, -0.05) is 15.5 Å². The summed E-state index contributed by atoms with van der Waals surface area (Å²) in [7, 11) is 3.80. The molecule has 0 bridgehead atoms. The second-order valence-electron chi connectivity index (χ2n) is 13.7. The lowest BCUT2D eigenvalue weighted by Gasteiger charge is -1.84. The minimum absolute atomic E-state index is 0.319. The van der Waals surface area contributed by atoms with Crippen molar-refractivity contribution in [3.63, 3.8) is 0 Å². The maximum atomic E-state index is 5.29. The van der Waals surface area contributed by atoms with Crippen LogP contribution in [0.2, 0.25) is 0 Å². The fourth-order valence-electron chi connectivity index (χ4n) is 4.02. The maximum Gasteiger partial charge on any atom is 0.229 e. The van der Waals surface area contributed by atoms with Crippen LogP contribution in [0, 0.1) is 0 Å². The number of nitrogens with two attached hydrogens (primary N) is 11. The van der Waals surface area contributed by atoms with Crippen molar-refractivity contribution in [1.82, 2.24) is 88.3 Å². The van der Waals surface area contributed by atoms with Crippen LogP contribution in [0.5, 0.6) is 0 Å². The zero-order chi connectivity index (χ0) is 58.0. The summed E-state index contributed by atoms with van der Waals surface area (Å²) in [6, 6.07) is 5.56. The van der Waals surface area contributed by atoms with Crippen molar-refractivity contribution in [3.05, 3.63) is 171 Å². The average molecular weight is 1170 g/mol. The van der Waals surface area contributed by atoms with Crippen molar-refractivity contribution in [2.45, 2.75) is 72.0 Å². The lowest BCUT2D eigenvalue weighted by molar-refractivity contribution is 0.303. The molecule has 0 aromatic carbocycles. The Bertz CT molecular complexity index is 2280. The van der Waals surface area contributed by atoms with E-state index in [1.165, 1.54) is 66.1 Å². The van der Waals surface area contributed by atoms with E-state index in [4.69, 9.17) is 63.1 Å². The lowest BCUT2D eigenvalue weighted by Crippen LogP contribution is -1.98. The third-order valence-corrected chi connectivity index (χ3v) is 10.4. The van der Waals surface area contributed by atoms with E-state index in [1.807, 2.05) is 53.9 Å². The number of aryl methyl sites for hydroxylation is 2. The predicted molar refractivity (Wildman–Crippen MR) is 297 cm³/mol. The summed E-state index contributed by atoms with van der Waals surface area (Å²) < 4.78 is 33.1. The van der Waals surface area contributed by atoms with E-state index in [9.17, 15) is 0 Å². The van der Waals surface area contributed by atoms with E-state index >= 15 is 0 Å². The first kappa shape index (κ1) is 69.3. The van der Waals surface area contributed by atoms with E-state index in [0.29, 0.717) is 83.6 Å². The molecule has 0 saturated heterocycles. The molecule has 33 nitrogen and oxygen atoms in total. The summed E-state index contributed by atoms with van der Waals surface area (Å²) in [6.45, 7) is 5.34. The lowest BCUT2D eigenvalue weighted by atomic mass is 10.4. The van der Waals surface area contributed by atoms with Crippen molar-refractivity contribution >= 4 is 45.9 Å². The Morgan fingerprint density at radius 3 is 1.65 bits per heavy atom. The van der Waals surface area contributed by atoms with Crippen molar-refractivity contribution in [3.8, 4) is 0 Å². The molecule has 0 saturated carbocycles. The van der Waals surface area contributed by atoms with Gasteiger partial charge in [0.15, 0.2) is 6.39 Å². The van der Waals surface area contributed by atoms with Gasteiger partial charge in [0.2, 0.25) is 12.3 Å². The second kappa shape index (κ2) is 47.5. The number of nitrogens with zero attached hydrogens (tertiary/aromatic N) is 17. The van der Waals surface area contributed by atoms with Crippen LogP contribution in [-0.2, 0) is 86.1 Å². The average Bonchev–Trinajstić information content (AvgIpc) is 4.33. The number of hydrogen-bond acceptors (Lipinski definition) is 34. The van der Waals surface area contributed by atoms with Crippen LogP contribution in [0.1, 0.15) is 62.1 Å². The molecule has 0 aliphatic rings. The molecule has 11 aromatic rings. The smallest absolute Gasteiger partial charge is 0.229 e. The Morgan fingerprint density at radius 2 is 1.37 bits per heavy atom. The Balaban J connectivity index is 0.000000435. The SMILES string of the molecule is Cn1ccc(CN)n1.Cn1cnc(CN)c1.NCc1ccon1.NCc1ccsn1.NCc1cnc[nH]1.NCc1cnon1.NCc1cnsn1.NCc1cocn1.NCc1cscn1.NCc1nnco1.NCc1nncs1. The molecule has 0 aliphatic carbocycles. The highest BCUT2D eigenvalue weighted by molar-refractivity contribution is 7.09.